The van der Waals surface area contributed by atoms with Crippen molar-refractivity contribution in [3.8, 4) is 0 Å². The summed E-state index contributed by atoms with van der Waals surface area (Å²) in [5.74, 6) is 0. The molecule has 0 aliphatic carbocycles. The van der Waals surface area contributed by atoms with Crippen LogP contribution in [0.25, 0.3) is 0 Å². The van der Waals surface area contributed by atoms with E-state index in [9.17, 15) is 0 Å². The molecule has 1 aromatic carbocycles. The second kappa shape index (κ2) is 3.86. The van der Waals surface area contributed by atoms with Crippen molar-refractivity contribution in [2.75, 3.05) is 0 Å². The highest BCUT2D eigenvalue weighted by molar-refractivity contribution is 6.00. The predicted molar refractivity (Wildman–Crippen MR) is 53.6 cm³/mol. The van der Waals surface area contributed by atoms with E-state index in [4.69, 9.17) is 0 Å². The quantitative estimate of drug-likeness (QED) is 0.588. The van der Waals surface area contributed by atoms with Crippen LogP contribution in [0.4, 0.5) is 0 Å². The van der Waals surface area contributed by atoms with Crippen LogP contribution in [-0.2, 0) is 0 Å². The zero-order chi connectivity index (χ0) is 8.97. The second-order valence-electron chi connectivity index (χ2n) is 2.71. The summed E-state index contributed by atoms with van der Waals surface area (Å²) in [6, 6.07) is 8.19. The second-order valence-corrected chi connectivity index (χ2v) is 2.71. The summed E-state index contributed by atoms with van der Waals surface area (Å²) in [4.78, 5) is 4.14. The third-order valence-electron chi connectivity index (χ3n) is 1.82. The summed E-state index contributed by atoms with van der Waals surface area (Å²) in [7, 11) is 0. The Hall–Kier alpha value is -1.37. The lowest BCUT2D eigenvalue weighted by Crippen LogP contribution is -1.96. The number of aliphatic imine (C=N–C) groups is 1. The van der Waals surface area contributed by atoms with E-state index in [0.717, 1.165) is 5.71 Å². The molecule has 1 aromatic rings. The maximum atomic E-state index is 4.14. The van der Waals surface area contributed by atoms with Gasteiger partial charge in [0.2, 0.25) is 0 Å². The minimum atomic E-state index is 1.02. The van der Waals surface area contributed by atoms with Crippen molar-refractivity contribution in [1.82, 2.24) is 0 Å². The van der Waals surface area contributed by atoms with Crippen LogP contribution in [0.3, 0.4) is 0 Å². The number of aryl methyl sites for hydroxylation is 1. The fourth-order valence-corrected chi connectivity index (χ4v) is 1.19. The summed E-state index contributed by atoms with van der Waals surface area (Å²) < 4.78 is 0. The van der Waals surface area contributed by atoms with Crippen molar-refractivity contribution in [3.63, 3.8) is 0 Å². The van der Waals surface area contributed by atoms with Gasteiger partial charge in [0, 0.05) is 11.9 Å². The molecule has 12 heavy (non-hydrogen) atoms. The third-order valence-corrected chi connectivity index (χ3v) is 1.82. The number of nitrogens with zero attached hydrogens (tertiary/aromatic N) is 1. The summed E-state index contributed by atoms with van der Waals surface area (Å²) in [6.45, 7) is 7.64. The lowest BCUT2D eigenvalue weighted by molar-refractivity contribution is 1.41. The average Bonchev–Trinajstić information content (AvgIpc) is 2.05. The smallest absolute Gasteiger partial charge is 0.0447 e. The van der Waals surface area contributed by atoms with Gasteiger partial charge in [-0.15, -0.1) is 0 Å². The highest BCUT2D eigenvalue weighted by Crippen LogP contribution is 2.08. The van der Waals surface area contributed by atoms with Crippen molar-refractivity contribution in [1.29, 1.82) is 0 Å². The first-order valence-corrected chi connectivity index (χ1v) is 3.97. The topological polar surface area (TPSA) is 12.4 Å². The Balaban J connectivity index is 3.10. The summed E-state index contributed by atoms with van der Waals surface area (Å²) in [5, 5.41) is 0. The molecule has 1 heteroatoms. The minimum Gasteiger partial charge on any atom is -0.262 e. The van der Waals surface area contributed by atoms with Gasteiger partial charge >= 0.3 is 0 Å². The molecule has 0 spiro atoms. The van der Waals surface area contributed by atoms with Crippen molar-refractivity contribution in [3.05, 3.63) is 48.2 Å². The highest BCUT2D eigenvalue weighted by atomic mass is 14.7. The molecular formula is C11H13N. The molecule has 1 rings (SSSR count). The Morgan fingerprint density at radius 1 is 1.42 bits per heavy atom. The summed E-state index contributed by atoms with van der Waals surface area (Å²) in [6.07, 6.45) is 1.57. The van der Waals surface area contributed by atoms with Crippen LogP contribution in [0.2, 0.25) is 0 Å². The number of benzene rings is 1. The molecule has 0 unspecified atom stereocenters. The van der Waals surface area contributed by atoms with Gasteiger partial charge in [-0.1, -0.05) is 30.8 Å². The van der Waals surface area contributed by atoms with Crippen molar-refractivity contribution in [2.24, 2.45) is 4.99 Å². The SMILES string of the molecule is C=CN=C(C)c1ccccc1C. The molecule has 0 bridgehead atoms. The predicted octanol–water partition coefficient (Wildman–Crippen LogP) is 2.95. The lowest BCUT2D eigenvalue weighted by Gasteiger charge is -2.02. The molecule has 0 saturated heterocycles. The fourth-order valence-electron chi connectivity index (χ4n) is 1.19. The molecule has 0 aromatic heterocycles. The summed E-state index contributed by atoms with van der Waals surface area (Å²) in [5.41, 5.74) is 3.46. The number of hydrogen-bond acceptors (Lipinski definition) is 1. The maximum Gasteiger partial charge on any atom is 0.0447 e. The van der Waals surface area contributed by atoms with E-state index < -0.39 is 0 Å². The number of hydrogen-bond donors (Lipinski definition) is 0. The maximum absolute atomic E-state index is 4.14. The monoisotopic (exact) mass is 159 g/mol. The Morgan fingerprint density at radius 3 is 2.67 bits per heavy atom. The molecule has 0 heterocycles. The molecule has 1 nitrogen and oxygen atoms in total. The van der Waals surface area contributed by atoms with Crippen LogP contribution in [-0.4, -0.2) is 5.71 Å². The van der Waals surface area contributed by atoms with Gasteiger partial charge in [0.15, 0.2) is 0 Å². The van der Waals surface area contributed by atoms with E-state index in [-0.39, 0.29) is 0 Å². The fraction of sp³-hybridized carbons (Fsp3) is 0.182. The molecular weight excluding hydrogens is 146 g/mol. The van der Waals surface area contributed by atoms with E-state index in [0.29, 0.717) is 0 Å². The van der Waals surface area contributed by atoms with E-state index in [1.54, 1.807) is 6.20 Å². The zero-order valence-electron chi connectivity index (χ0n) is 7.54. The molecule has 0 aliphatic heterocycles. The molecule has 0 aliphatic rings. The Morgan fingerprint density at radius 2 is 2.08 bits per heavy atom. The Bertz CT molecular complexity index is 311. The standard InChI is InChI=1S/C11H13N/c1-4-12-10(3)11-8-6-5-7-9(11)2/h4-8H,1H2,2-3H3. The lowest BCUT2D eigenvalue weighted by atomic mass is 10.1. The van der Waals surface area contributed by atoms with Gasteiger partial charge in [0.05, 0.1) is 0 Å². The van der Waals surface area contributed by atoms with Gasteiger partial charge in [-0.2, -0.15) is 0 Å². The van der Waals surface area contributed by atoms with Crippen LogP contribution in [0.5, 0.6) is 0 Å². The minimum absolute atomic E-state index is 1.02. The molecule has 0 atom stereocenters. The molecule has 0 radical (unpaired) electrons. The van der Waals surface area contributed by atoms with Crippen molar-refractivity contribution < 1.29 is 0 Å². The van der Waals surface area contributed by atoms with Gasteiger partial charge in [0.1, 0.15) is 0 Å². The number of rotatable bonds is 2. The van der Waals surface area contributed by atoms with Crippen molar-refractivity contribution in [2.45, 2.75) is 13.8 Å². The van der Waals surface area contributed by atoms with Crippen LogP contribution in [0, 0.1) is 6.92 Å². The van der Waals surface area contributed by atoms with Gasteiger partial charge in [-0.3, -0.25) is 4.99 Å². The molecule has 0 saturated carbocycles. The normalized spacial score (nSPS) is 11.3. The van der Waals surface area contributed by atoms with E-state index in [1.165, 1.54) is 11.1 Å². The first-order chi connectivity index (χ1) is 5.75. The van der Waals surface area contributed by atoms with Gasteiger partial charge in [0.25, 0.3) is 0 Å². The first-order valence-electron chi connectivity index (χ1n) is 3.97. The van der Waals surface area contributed by atoms with Crippen LogP contribution in [0.1, 0.15) is 18.1 Å². The Kier molecular flexibility index (Phi) is 2.81. The van der Waals surface area contributed by atoms with Gasteiger partial charge in [-0.05, 0) is 25.0 Å². The third kappa shape index (κ3) is 1.82. The van der Waals surface area contributed by atoms with E-state index in [1.807, 2.05) is 19.1 Å². The zero-order valence-corrected chi connectivity index (χ0v) is 7.54. The highest BCUT2D eigenvalue weighted by Gasteiger charge is 1.98. The van der Waals surface area contributed by atoms with Crippen LogP contribution >= 0.6 is 0 Å². The van der Waals surface area contributed by atoms with Crippen molar-refractivity contribution >= 4 is 5.71 Å². The van der Waals surface area contributed by atoms with Gasteiger partial charge in [-0.25, -0.2) is 0 Å². The molecule has 0 fully saturated rings. The molecule has 62 valence electrons. The largest absolute Gasteiger partial charge is 0.262 e. The first kappa shape index (κ1) is 8.72. The Labute approximate surface area is 73.5 Å². The molecule has 0 N–H and O–H groups in total. The summed E-state index contributed by atoms with van der Waals surface area (Å²) >= 11 is 0. The van der Waals surface area contributed by atoms with Crippen LogP contribution < -0.4 is 0 Å². The average molecular weight is 159 g/mol. The van der Waals surface area contributed by atoms with E-state index >= 15 is 0 Å². The molecule has 0 amide bonds. The van der Waals surface area contributed by atoms with Gasteiger partial charge < -0.3 is 0 Å². The van der Waals surface area contributed by atoms with Crippen LogP contribution in [0.15, 0.2) is 42.0 Å². The van der Waals surface area contributed by atoms with E-state index in [2.05, 4.69) is 30.6 Å².